The second kappa shape index (κ2) is 20.3. The lowest BCUT2D eigenvalue weighted by Crippen LogP contribution is -2.56. The van der Waals surface area contributed by atoms with Gasteiger partial charge >= 0.3 is 13.1 Å². The number of hydrogen-bond acceptors (Lipinski definition) is 15. The third-order valence-electron chi connectivity index (χ3n) is 13.7. The van der Waals surface area contributed by atoms with Crippen LogP contribution in [0.3, 0.4) is 0 Å². The zero-order valence-electron chi connectivity index (χ0n) is 38.7. The lowest BCUT2D eigenvalue weighted by atomic mass is 10.0. The molecule has 5 saturated heterocycles. The number of pyridine rings is 4. The number of halogens is 4. The second-order valence-electron chi connectivity index (χ2n) is 18.2. The number of carbonyl (C=O) groups excluding carboxylic acids is 2. The first-order valence-corrected chi connectivity index (χ1v) is 23.6. The van der Waals surface area contributed by atoms with Gasteiger partial charge in [0, 0.05) is 114 Å². The van der Waals surface area contributed by atoms with E-state index in [0.29, 0.717) is 54.4 Å². The molecule has 5 aliphatic heterocycles. The molecule has 4 atom stereocenters. The van der Waals surface area contributed by atoms with Gasteiger partial charge in [-0.2, -0.15) is 17.6 Å². The molecule has 0 radical (unpaired) electrons. The molecule has 0 saturated carbocycles. The molecule has 3 N–H and O–H groups in total. The van der Waals surface area contributed by atoms with E-state index in [9.17, 15) is 27.2 Å². The summed E-state index contributed by atoms with van der Waals surface area (Å²) in [6, 6.07) is 11.6. The van der Waals surface area contributed by atoms with Gasteiger partial charge in [-0.1, -0.05) is 0 Å². The van der Waals surface area contributed by atoms with Crippen LogP contribution in [0.5, 0.6) is 11.8 Å². The number of hydrogen-bond donors (Lipinski definition) is 3. The van der Waals surface area contributed by atoms with E-state index in [-0.39, 0.29) is 46.4 Å². The highest BCUT2D eigenvalue weighted by Crippen LogP contribution is 2.35. The van der Waals surface area contributed by atoms with Crippen molar-refractivity contribution in [1.82, 2.24) is 59.9 Å². The lowest BCUT2D eigenvalue weighted by Gasteiger charge is -2.42. The van der Waals surface area contributed by atoms with Gasteiger partial charge in [0.05, 0.1) is 41.7 Å². The maximum Gasteiger partial charge on any atom is 0.320 e. The number of carbonyl (C=O) groups is 2. The van der Waals surface area contributed by atoms with Crippen LogP contribution in [0.2, 0.25) is 0 Å². The fraction of sp³-hybridized carbons (Fsp3) is 0.489. The first-order chi connectivity index (χ1) is 33.9. The van der Waals surface area contributed by atoms with Gasteiger partial charge in [-0.25, -0.2) is 29.9 Å². The molecule has 0 unspecified atom stereocenters. The summed E-state index contributed by atoms with van der Waals surface area (Å²) >= 11 is 0. The first kappa shape index (κ1) is 47.0. The molecule has 2 amide bonds. The number of fused-ring (bicyclic) bond motifs is 2. The minimum Gasteiger partial charge on any atom is -0.473 e. The van der Waals surface area contributed by atoms with Crippen molar-refractivity contribution in [1.29, 1.82) is 0 Å². The number of nitrogens with one attached hydrogen (secondary N) is 3. The quantitative estimate of drug-likeness (QED) is 0.137. The van der Waals surface area contributed by atoms with E-state index in [0.717, 1.165) is 110 Å². The van der Waals surface area contributed by atoms with Crippen molar-refractivity contribution in [3.63, 3.8) is 0 Å². The van der Waals surface area contributed by atoms with E-state index >= 15 is 0 Å². The van der Waals surface area contributed by atoms with E-state index in [1.54, 1.807) is 24.5 Å². The van der Waals surface area contributed by atoms with Gasteiger partial charge in [-0.15, -0.1) is 0 Å². The zero-order chi connectivity index (χ0) is 48.5. The highest BCUT2D eigenvalue weighted by Gasteiger charge is 2.33. The molecule has 0 aliphatic carbocycles. The van der Waals surface area contributed by atoms with Crippen LogP contribution in [0.4, 0.5) is 29.2 Å². The summed E-state index contributed by atoms with van der Waals surface area (Å²) in [4.78, 5) is 56.9. The Morgan fingerprint density at radius 1 is 0.643 bits per heavy atom. The van der Waals surface area contributed by atoms with Crippen molar-refractivity contribution in [2.24, 2.45) is 11.8 Å². The summed E-state index contributed by atoms with van der Waals surface area (Å²) in [5.74, 6) is 1.67. The highest BCUT2D eigenvalue weighted by molar-refractivity contribution is 5.86. The number of nitrogens with zero attached hydrogens (tertiary/aromatic N) is 11. The topological polar surface area (TPSA) is 195 Å². The average Bonchev–Trinajstić information content (AvgIpc) is 4.19. The molecule has 0 spiro atoms. The lowest BCUT2D eigenvalue weighted by molar-refractivity contribution is -0.120. The van der Waals surface area contributed by atoms with Gasteiger partial charge in [0.1, 0.15) is 47.5 Å². The summed E-state index contributed by atoms with van der Waals surface area (Å²) in [6.07, 6.45) is 5.50. The molecule has 0 aromatic carbocycles. The van der Waals surface area contributed by atoms with Crippen LogP contribution in [0.15, 0.2) is 61.4 Å². The Kier molecular flexibility index (Phi) is 13.6. The molecule has 6 aromatic rings. The standard InChI is InChI=1S/C25H29F2N7O3.C22H25F2N7O2/c1-15(17-8-22(35)29-11-17)37-24-23-20(30-14-34(23)25(26)27)9-19(31-24)16-2-3-21(28-10-16)33-6-4-32(5-7-33)18-12-36-13-18;1-13(15-8-19(32)27-11-15)33-21-20-17(28-12-31(20)22(23)24)9-16(29-21)14-2-3-18(26-10-14)30-6-4-25-5-7-30/h2-3,9-10,14-15,17-18,25H,4-8,11-13H2,1H3,(H,29,35);2-3,9-10,12-13,15,22,25H,4-8,11H2,1H3,(H,27,32)/t15-,17-;13-,15-/m11/s1. The van der Waals surface area contributed by atoms with Crippen LogP contribution in [0.1, 0.15) is 39.8 Å². The number of anilines is 2. The number of ether oxygens (including phenoxy) is 3. The van der Waals surface area contributed by atoms with Crippen molar-refractivity contribution in [2.75, 3.05) is 88.5 Å². The van der Waals surface area contributed by atoms with E-state index in [1.165, 1.54) is 0 Å². The third-order valence-corrected chi connectivity index (χ3v) is 13.7. The molecule has 11 rings (SSSR count). The van der Waals surface area contributed by atoms with Crippen molar-refractivity contribution in [2.45, 2.75) is 58.0 Å². The molecular formula is C47H54F4N14O5. The smallest absolute Gasteiger partial charge is 0.320 e. The molecule has 23 heteroatoms. The molecular weight excluding hydrogens is 917 g/mol. The number of amides is 2. The minimum atomic E-state index is -2.79. The summed E-state index contributed by atoms with van der Waals surface area (Å²) < 4.78 is 73.6. The molecule has 6 aromatic heterocycles. The molecule has 5 aliphatic rings. The number of rotatable bonds is 13. The predicted octanol–water partition coefficient (Wildman–Crippen LogP) is 4.51. The molecule has 70 heavy (non-hydrogen) atoms. The minimum absolute atomic E-state index is 0.0458. The van der Waals surface area contributed by atoms with Crippen LogP contribution in [0, 0.1) is 11.8 Å². The van der Waals surface area contributed by atoms with Gasteiger partial charge in [-0.05, 0) is 50.2 Å². The normalized spacial score (nSPS) is 20.9. The highest BCUT2D eigenvalue weighted by atomic mass is 19.3. The zero-order valence-corrected chi connectivity index (χ0v) is 38.7. The summed E-state index contributed by atoms with van der Waals surface area (Å²) in [7, 11) is 0. The van der Waals surface area contributed by atoms with Gasteiger partial charge in [0.2, 0.25) is 23.6 Å². The maximum atomic E-state index is 13.7. The van der Waals surface area contributed by atoms with Gasteiger partial charge < -0.3 is 40.0 Å². The molecule has 370 valence electrons. The first-order valence-electron chi connectivity index (χ1n) is 23.6. The Hall–Kier alpha value is -6.72. The fourth-order valence-electron chi connectivity index (χ4n) is 9.36. The van der Waals surface area contributed by atoms with E-state index < -0.39 is 25.3 Å². The molecule has 0 bridgehead atoms. The van der Waals surface area contributed by atoms with Gasteiger partial charge in [-0.3, -0.25) is 23.6 Å². The van der Waals surface area contributed by atoms with Gasteiger partial charge in [0.25, 0.3) is 0 Å². The monoisotopic (exact) mass is 970 g/mol. The Labute approximate surface area is 399 Å². The van der Waals surface area contributed by atoms with Crippen LogP contribution >= 0.6 is 0 Å². The van der Waals surface area contributed by atoms with Crippen molar-refractivity contribution >= 4 is 45.5 Å². The summed E-state index contributed by atoms with van der Waals surface area (Å²) in [5.41, 5.74) is 3.50. The van der Waals surface area contributed by atoms with E-state index in [4.69, 9.17) is 14.2 Å². The Balaban J connectivity index is 0.000000163. The number of piperazine rings is 2. The van der Waals surface area contributed by atoms with E-state index in [2.05, 4.69) is 60.6 Å². The third kappa shape index (κ3) is 9.99. The average molecular weight is 971 g/mol. The van der Waals surface area contributed by atoms with Crippen molar-refractivity contribution < 1.29 is 41.4 Å². The number of aromatic nitrogens is 8. The van der Waals surface area contributed by atoms with Crippen LogP contribution in [-0.2, 0) is 14.3 Å². The summed E-state index contributed by atoms with van der Waals surface area (Å²) in [6.45, 7) is 8.00. The maximum absolute atomic E-state index is 13.7. The van der Waals surface area contributed by atoms with Crippen molar-refractivity contribution in [3.8, 4) is 34.3 Å². The Bertz CT molecular complexity index is 2800. The largest absolute Gasteiger partial charge is 0.473 e. The second-order valence-corrected chi connectivity index (χ2v) is 18.2. The van der Waals surface area contributed by atoms with Crippen LogP contribution in [0.25, 0.3) is 44.6 Å². The number of imidazole rings is 2. The Morgan fingerprint density at radius 2 is 1.11 bits per heavy atom. The summed E-state index contributed by atoms with van der Waals surface area (Å²) in [5, 5.41) is 8.87. The predicted molar refractivity (Wildman–Crippen MR) is 250 cm³/mol. The molecule has 19 nitrogen and oxygen atoms in total. The number of alkyl halides is 4. The Morgan fingerprint density at radius 3 is 1.50 bits per heavy atom. The molecule has 11 heterocycles. The SMILES string of the molecule is C[C@@H](Oc1nc(-c2ccc(N3CCN(C4COC4)CC3)nc2)cc2ncn(C(F)F)c12)[C@H]1CNC(=O)C1.C[C@@H](Oc1nc(-c2ccc(N3CCNCC3)nc2)cc2ncn(C(F)F)c12)[C@H]1CNC(=O)C1. The van der Waals surface area contributed by atoms with E-state index in [1.807, 2.05) is 38.1 Å². The van der Waals surface area contributed by atoms with Crippen molar-refractivity contribution in [3.05, 3.63) is 61.4 Å². The van der Waals surface area contributed by atoms with Crippen LogP contribution < -0.4 is 35.2 Å². The fourth-order valence-corrected chi connectivity index (χ4v) is 9.36. The van der Waals surface area contributed by atoms with Crippen LogP contribution in [-0.4, -0.2) is 153 Å². The molecule has 5 fully saturated rings. The van der Waals surface area contributed by atoms with Gasteiger partial charge in [0.15, 0.2) is 0 Å².